The van der Waals surface area contributed by atoms with Crippen molar-refractivity contribution in [2.75, 3.05) is 17.6 Å². The molecule has 0 unspecified atom stereocenters. The average Bonchev–Trinajstić information content (AvgIpc) is 2.17. The van der Waals surface area contributed by atoms with E-state index in [4.69, 9.17) is 39.5 Å². The second-order valence-corrected chi connectivity index (χ2v) is 3.45. The topological polar surface area (TPSA) is 61.3 Å². The van der Waals surface area contributed by atoms with Crippen LogP contribution in [0.15, 0.2) is 12.2 Å². The number of alkyl halides is 3. The molecule has 0 saturated heterocycles. The third kappa shape index (κ3) is 6.25. The number of carbonyl (C=O) groups is 1. The normalized spacial score (nSPS) is 11.2. The Bertz CT molecular complexity index is 206. The summed E-state index contributed by atoms with van der Waals surface area (Å²) in [6, 6.07) is 0. The zero-order valence-corrected chi connectivity index (χ0v) is 10.8. The van der Waals surface area contributed by atoms with Gasteiger partial charge in [-0.3, -0.25) is 0 Å². The Morgan fingerprint density at radius 2 is 1.87 bits per heavy atom. The quantitative estimate of drug-likeness (QED) is 0.460. The van der Waals surface area contributed by atoms with E-state index in [0.717, 1.165) is 0 Å². The number of hydrogen-bond donors (Lipinski definition) is 1. The monoisotopic (exact) mass is 274 g/mol. The van der Waals surface area contributed by atoms with E-state index < -0.39 is 11.6 Å². The van der Waals surface area contributed by atoms with Gasteiger partial charge >= 0.3 is 5.97 Å². The van der Waals surface area contributed by atoms with Gasteiger partial charge in [0, 0.05) is 18.4 Å². The lowest BCUT2D eigenvalue weighted by Crippen LogP contribution is -2.40. The van der Waals surface area contributed by atoms with Gasteiger partial charge in [-0.2, -0.15) is 0 Å². The van der Waals surface area contributed by atoms with Crippen molar-refractivity contribution in [1.29, 1.82) is 0 Å². The SMILES string of the molecule is CC=CC(=O)OC([CH]CCl)(CCl)CCl.N. The van der Waals surface area contributed by atoms with Crippen molar-refractivity contribution in [2.45, 2.75) is 12.5 Å². The van der Waals surface area contributed by atoms with Crippen LogP contribution in [0.1, 0.15) is 6.92 Å². The minimum Gasteiger partial charge on any atom is -0.453 e. The summed E-state index contributed by atoms with van der Waals surface area (Å²) in [6.45, 7) is 1.72. The van der Waals surface area contributed by atoms with Crippen molar-refractivity contribution in [3.05, 3.63) is 18.6 Å². The van der Waals surface area contributed by atoms with E-state index in [1.165, 1.54) is 6.08 Å². The van der Waals surface area contributed by atoms with Crippen LogP contribution in [0.2, 0.25) is 0 Å². The maximum Gasteiger partial charge on any atom is 0.331 e. The van der Waals surface area contributed by atoms with Crippen LogP contribution >= 0.6 is 34.8 Å². The van der Waals surface area contributed by atoms with E-state index >= 15 is 0 Å². The van der Waals surface area contributed by atoms with Gasteiger partial charge in [-0.25, -0.2) is 4.79 Å². The number of rotatable bonds is 6. The Morgan fingerprint density at radius 1 is 1.33 bits per heavy atom. The van der Waals surface area contributed by atoms with Gasteiger partial charge in [-0.05, 0) is 6.92 Å². The summed E-state index contributed by atoms with van der Waals surface area (Å²) >= 11 is 16.9. The molecular formula is C9H15Cl3NO2. The summed E-state index contributed by atoms with van der Waals surface area (Å²) in [6.07, 6.45) is 4.46. The number of ether oxygens (including phenoxy) is 1. The van der Waals surface area contributed by atoms with E-state index in [1.807, 2.05) is 0 Å². The Morgan fingerprint density at radius 3 is 2.20 bits per heavy atom. The Kier molecular flexibility index (Phi) is 10.8. The van der Waals surface area contributed by atoms with Gasteiger partial charge in [0.2, 0.25) is 0 Å². The van der Waals surface area contributed by atoms with Gasteiger partial charge in [0.25, 0.3) is 0 Å². The van der Waals surface area contributed by atoms with Crippen molar-refractivity contribution in [3.8, 4) is 0 Å². The molecule has 1 radical (unpaired) electrons. The average molecular weight is 276 g/mol. The third-order valence-corrected chi connectivity index (χ3v) is 2.57. The van der Waals surface area contributed by atoms with Gasteiger partial charge in [0.05, 0.1) is 11.8 Å². The molecular weight excluding hydrogens is 260 g/mol. The molecule has 0 rings (SSSR count). The van der Waals surface area contributed by atoms with E-state index in [9.17, 15) is 4.79 Å². The van der Waals surface area contributed by atoms with Crippen molar-refractivity contribution in [1.82, 2.24) is 6.15 Å². The highest BCUT2D eigenvalue weighted by atomic mass is 35.5. The molecule has 0 aromatic carbocycles. The molecule has 0 spiro atoms. The van der Waals surface area contributed by atoms with Gasteiger partial charge < -0.3 is 10.9 Å². The highest BCUT2D eigenvalue weighted by Gasteiger charge is 2.31. The van der Waals surface area contributed by atoms with E-state index in [1.54, 1.807) is 19.4 Å². The molecule has 0 bridgehead atoms. The molecule has 0 aromatic rings. The summed E-state index contributed by atoms with van der Waals surface area (Å²) in [5.74, 6) is -0.0723. The molecule has 89 valence electrons. The molecule has 0 aliphatic rings. The van der Waals surface area contributed by atoms with Crippen LogP contribution in [0.25, 0.3) is 0 Å². The number of hydrogen-bond acceptors (Lipinski definition) is 3. The van der Waals surface area contributed by atoms with Crippen LogP contribution in [0.3, 0.4) is 0 Å². The highest BCUT2D eigenvalue weighted by molar-refractivity contribution is 6.23. The van der Waals surface area contributed by atoms with Crippen molar-refractivity contribution >= 4 is 40.8 Å². The number of allylic oxidation sites excluding steroid dienone is 1. The first-order valence-corrected chi connectivity index (χ1v) is 5.62. The molecule has 0 saturated carbocycles. The number of esters is 1. The van der Waals surface area contributed by atoms with Crippen molar-refractivity contribution in [2.24, 2.45) is 0 Å². The molecule has 0 atom stereocenters. The zero-order chi connectivity index (χ0) is 11.0. The fraction of sp³-hybridized carbons (Fsp3) is 0.556. The molecule has 0 fully saturated rings. The molecule has 0 aliphatic carbocycles. The summed E-state index contributed by atoms with van der Waals surface area (Å²) in [5.41, 5.74) is -0.971. The van der Waals surface area contributed by atoms with Gasteiger partial charge in [-0.15, -0.1) is 34.8 Å². The summed E-state index contributed by atoms with van der Waals surface area (Å²) in [7, 11) is 0. The molecule has 15 heavy (non-hydrogen) atoms. The van der Waals surface area contributed by atoms with Gasteiger partial charge in [0.15, 0.2) is 0 Å². The summed E-state index contributed by atoms with van der Waals surface area (Å²) in [5, 5.41) is 0. The molecule has 0 aliphatic heterocycles. The van der Waals surface area contributed by atoms with Crippen LogP contribution in [0, 0.1) is 6.42 Å². The molecule has 0 amide bonds. The first kappa shape index (κ1) is 17.4. The van der Waals surface area contributed by atoms with Crippen LogP contribution < -0.4 is 6.15 Å². The minimum atomic E-state index is -0.971. The van der Waals surface area contributed by atoms with Crippen LogP contribution in [-0.2, 0) is 9.53 Å². The van der Waals surface area contributed by atoms with E-state index in [2.05, 4.69) is 0 Å². The first-order chi connectivity index (χ1) is 6.64. The van der Waals surface area contributed by atoms with Crippen molar-refractivity contribution < 1.29 is 9.53 Å². The molecule has 6 heteroatoms. The summed E-state index contributed by atoms with van der Waals surface area (Å²) in [4.78, 5) is 11.2. The Balaban J connectivity index is 0. The fourth-order valence-electron chi connectivity index (χ4n) is 0.752. The summed E-state index contributed by atoms with van der Waals surface area (Å²) < 4.78 is 5.09. The van der Waals surface area contributed by atoms with Crippen LogP contribution in [0.4, 0.5) is 0 Å². The number of carbonyl (C=O) groups excluding carboxylic acids is 1. The highest BCUT2D eigenvalue weighted by Crippen LogP contribution is 2.20. The Labute approximate surface area is 105 Å². The molecule has 3 nitrogen and oxygen atoms in total. The second kappa shape index (κ2) is 9.28. The van der Waals surface area contributed by atoms with E-state index in [0.29, 0.717) is 0 Å². The Hall–Kier alpha value is 0.0400. The molecule has 0 heterocycles. The lowest BCUT2D eigenvalue weighted by Gasteiger charge is -2.27. The predicted molar refractivity (Wildman–Crippen MR) is 65.1 cm³/mol. The van der Waals surface area contributed by atoms with Gasteiger partial charge in [-0.1, -0.05) is 6.08 Å². The second-order valence-electron chi connectivity index (χ2n) is 2.61. The van der Waals surface area contributed by atoms with Crippen LogP contribution in [-0.4, -0.2) is 29.2 Å². The maximum absolute atomic E-state index is 11.2. The lowest BCUT2D eigenvalue weighted by atomic mass is 10.1. The largest absolute Gasteiger partial charge is 0.453 e. The minimum absolute atomic E-state index is 0. The first-order valence-electron chi connectivity index (χ1n) is 4.02. The van der Waals surface area contributed by atoms with Crippen molar-refractivity contribution in [3.63, 3.8) is 0 Å². The number of halogens is 3. The fourth-order valence-corrected chi connectivity index (χ4v) is 1.65. The lowest BCUT2D eigenvalue weighted by molar-refractivity contribution is -0.146. The zero-order valence-electron chi connectivity index (χ0n) is 8.51. The van der Waals surface area contributed by atoms with Gasteiger partial charge in [0.1, 0.15) is 5.60 Å². The standard InChI is InChI=1S/C9H12Cl3O2.H3N/c1-2-3-8(13)14-9(6-11,7-12)4-5-10;/h2-4H,5-7H2,1H3;1H3. The van der Waals surface area contributed by atoms with E-state index in [-0.39, 0.29) is 23.8 Å². The maximum atomic E-state index is 11.2. The smallest absolute Gasteiger partial charge is 0.331 e. The molecule has 0 aromatic heterocycles. The molecule has 3 N–H and O–H groups in total. The third-order valence-electron chi connectivity index (χ3n) is 1.51. The predicted octanol–water partition coefficient (Wildman–Crippen LogP) is 2.93. The van der Waals surface area contributed by atoms with Crippen LogP contribution in [0.5, 0.6) is 0 Å².